The van der Waals surface area contributed by atoms with Crippen molar-refractivity contribution in [1.82, 2.24) is 0 Å². The van der Waals surface area contributed by atoms with E-state index in [-0.39, 0.29) is 0 Å². The number of rotatable bonds is 6. The molecule has 86 valence electrons. The van der Waals surface area contributed by atoms with Crippen molar-refractivity contribution >= 4 is 17.9 Å². The van der Waals surface area contributed by atoms with Crippen LogP contribution in [0.25, 0.3) is 0 Å². The predicted molar refractivity (Wildman–Crippen MR) is 43.3 cm³/mol. The number of hydrogen-bond acceptors (Lipinski definition) is 5. The molecule has 2 unspecified atom stereocenters. The van der Waals surface area contributed by atoms with Gasteiger partial charge in [0.2, 0.25) is 5.60 Å². The zero-order valence-corrected chi connectivity index (χ0v) is 7.71. The Kier molecular flexibility index (Phi) is 4.19. The van der Waals surface area contributed by atoms with Crippen LogP contribution in [0.2, 0.25) is 0 Å². The van der Waals surface area contributed by atoms with Crippen LogP contribution in [0.1, 0.15) is 6.42 Å². The van der Waals surface area contributed by atoms with E-state index >= 15 is 0 Å². The Balaban J connectivity index is 5.15. The molecule has 0 saturated carbocycles. The number of aliphatic hydroxyl groups is 1. The Labute approximate surface area is 83.7 Å². The molecule has 0 heterocycles. The summed E-state index contributed by atoms with van der Waals surface area (Å²) in [5.74, 6) is -5.38. The number of ether oxygens (including phenoxy) is 1. The fourth-order valence-corrected chi connectivity index (χ4v) is 1.01. The molecule has 0 spiro atoms. The van der Waals surface area contributed by atoms with Crippen molar-refractivity contribution in [3.05, 3.63) is 0 Å². The molecule has 0 bridgehead atoms. The Bertz CT molecular complexity index is 285. The van der Waals surface area contributed by atoms with E-state index in [1.54, 1.807) is 0 Å². The van der Waals surface area contributed by atoms with Crippen molar-refractivity contribution < 1.29 is 39.5 Å². The lowest BCUT2D eigenvalue weighted by Gasteiger charge is -2.26. The Morgan fingerprint density at radius 1 is 1.27 bits per heavy atom. The SMILES string of the molecule is COC(C(=O)O)C(O)(CC(=O)O)C(=O)O. The summed E-state index contributed by atoms with van der Waals surface area (Å²) in [6.07, 6.45) is -3.42. The third kappa shape index (κ3) is 2.89. The first-order valence-electron chi connectivity index (χ1n) is 3.69. The van der Waals surface area contributed by atoms with Gasteiger partial charge in [0.15, 0.2) is 6.10 Å². The monoisotopic (exact) mass is 222 g/mol. The highest BCUT2D eigenvalue weighted by atomic mass is 16.5. The number of carbonyl (C=O) groups is 3. The molecular formula is C7H10O8. The highest BCUT2D eigenvalue weighted by Gasteiger charge is 2.50. The highest BCUT2D eigenvalue weighted by molar-refractivity contribution is 5.90. The molecule has 0 aromatic carbocycles. The summed E-state index contributed by atoms with van der Waals surface area (Å²) in [4.78, 5) is 31.4. The molecule has 0 saturated heterocycles. The van der Waals surface area contributed by atoms with Crippen LogP contribution in [-0.4, -0.2) is 57.1 Å². The summed E-state index contributed by atoms with van der Waals surface area (Å²) >= 11 is 0. The number of hydrogen-bond donors (Lipinski definition) is 4. The van der Waals surface area contributed by atoms with Crippen LogP contribution in [0, 0.1) is 0 Å². The van der Waals surface area contributed by atoms with Crippen molar-refractivity contribution in [2.24, 2.45) is 0 Å². The van der Waals surface area contributed by atoms with Gasteiger partial charge in [0.05, 0.1) is 6.42 Å². The second-order valence-electron chi connectivity index (χ2n) is 2.75. The Morgan fingerprint density at radius 3 is 1.93 bits per heavy atom. The molecule has 4 N–H and O–H groups in total. The van der Waals surface area contributed by atoms with Gasteiger partial charge in [-0.1, -0.05) is 0 Å². The summed E-state index contributed by atoms with van der Waals surface area (Å²) in [5.41, 5.74) is -2.99. The van der Waals surface area contributed by atoms with Crippen molar-refractivity contribution in [3.63, 3.8) is 0 Å². The molecule has 0 aliphatic rings. The molecule has 0 aromatic heterocycles. The lowest BCUT2D eigenvalue weighted by molar-refractivity contribution is -0.190. The van der Waals surface area contributed by atoms with E-state index in [4.69, 9.17) is 15.3 Å². The van der Waals surface area contributed by atoms with E-state index in [1.165, 1.54) is 0 Å². The van der Waals surface area contributed by atoms with Crippen LogP contribution in [0.5, 0.6) is 0 Å². The third-order valence-corrected chi connectivity index (χ3v) is 1.68. The van der Waals surface area contributed by atoms with E-state index < -0.39 is 36.0 Å². The van der Waals surface area contributed by atoms with E-state index in [1.807, 2.05) is 0 Å². The summed E-state index contributed by atoms with van der Waals surface area (Å²) in [7, 11) is 0.856. The zero-order valence-electron chi connectivity index (χ0n) is 7.71. The topological polar surface area (TPSA) is 141 Å². The maximum atomic E-state index is 10.6. The minimum Gasteiger partial charge on any atom is -0.481 e. The van der Waals surface area contributed by atoms with Crippen LogP contribution in [-0.2, 0) is 19.1 Å². The van der Waals surface area contributed by atoms with Gasteiger partial charge in [-0.25, -0.2) is 9.59 Å². The fourth-order valence-electron chi connectivity index (χ4n) is 1.01. The van der Waals surface area contributed by atoms with Crippen molar-refractivity contribution in [2.75, 3.05) is 7.11 Å². The maximum absolute atomic E-state index is 10.6. The third-order valence-electron chi connectivity index (χ3n) is 1.68. The molecule has 8 nitrogen and oxygen atoms in total. The van der Waals surface area contributed by atoms with E-state index in [0.29, 0.717) is 0 Å². The quantitative estimate of drug-likeness (QED) is 0.420. The smallest absolute Gasteiger partial charge is 0.339 e. The van der Waals surface area contributed by atoms with Crippen LogP contribution >= 0.6 is 0 Å². The molecule has 0 radical (unpaired) electrons. The van der Waals surface area contributed by atoms with E-state index in [9.17, 15) is 19.5 Å². The number of carboxylic acids is 3. The lowest BCUT2D eigenvalue weighted by Crippen LogP contribution is -2.55. The predicted octanol–water partition coefficient (Wildman–Crippen LogP) is -1.62. The normalized spacial score (nSPS) is 16.4. The van der Waals surface area contributed by atoms with Gasteiger partial charge in [0.1, 0.15) is 0 Å². The second kappa shape index (κ2) is 4.71. The molecule has 0 aromatic rings. The maximum Gasteiger partial charge on any atom is 0.339 e. The fraction of sp³-hybridized carbons (Fsp3) is 0.571. The first-order chi connectivity index (χ1) is 6.75. The van der Waals surface area contributed by atoms with Gasteiger partial charge in [-0.3, -0.25) is 4.79 Å². The lowest BCUT2D eigenvalue weighted by atomic mass is 9.92. The minimum atomic E-state index is -2.99. The summed E-state index contributed by atoms with van der Waals surface area (Å²) in [6, 6.07) is 0. The number of carboxylic acid groups (broad SMARTS) is 3. The van der Waals surface area contributed by atoms with Crippen LogP contribution < -0.4 is 0 Å². The molecule has 0 rings (SSSR count). The van der Waals surface area contributed by atoms with E-state index in [2.05, 4.69) is 4.74 Å². The average Bonchev–Trinajstić information content (AvgIpc) is 2.02. The van der Waals surface area contributed by atoms with Gasteiger partial charge in [-0.2, -0.15) is 0 Å². The summed E-state index contributed by atoms with van der Waals surface area (Å²) < 4.78 is 4.25. The van der Waals surface area contributed by atoms with Gasteiger partial charge >= 0.3 is 17.9 Å². The molecule has 0 aliphatic heterocycles. The number of aliphatic carboxylic acids is 3. The Morgan fingerprint density at radius 2 is 1.73 bits per heavy atom. The second-order valence-corrected chi connectivity index (χ2v) is 2.75. The molecular weight excluding hydrogens is 212 g/mol. The average molecular weight is 222 g/mol. The van der Waals surface area contributed by atoms with Gasteiger partial charge < -0.3 is 25.2 Å². The molecule has 15 heavy (non-hydrogen) atoms. The van der Waals surface area contributed by atoms with Gasteiger partial charge in [0, 0.05) is 7.11 Å². The first-order valence-corrected chi connectivity index (χ1v) is 3.69. The van der Waals surface area contributed by atoms with E-state index in [0.717, 1.165) is 7.11 Å². The standard InChI is InChI=1S/C7H10O8/c1-15-4(5(10)11)7(14,6(12)13)2-3(8)9/h4,14H,2H2,1H3,(H,8,9)(H,10,11)(H,12,13). The van der Waals surface area contributed by atoms with Crippen molar-refractivity contribution in [3.8, 4) is 0 Å². The molecule has 2 atom stereocenters. The van der Waals surface area contributed by atoms with Gasteiger partial charge in [0.25, 0.3) is 0 Å². The highest BCUT2D eigenvalue weighted by Crippen LogP contribution is 2.19. The summed E-state index contributed by atoms with van der Waals surface area (Å²) in [5, 5.41) is 34.9. The molecule has 0 aliphatic carbocycles. The van der Waals surface area contributed by atoms with Crippen LogP contribution in [0.3, 0.4) is 0 Å². The van der Waals surface area contributed by atoms with Gasteiger partial charge in [-0.05, 0) is 0 Å². The molecule has 0 amide bonds. The number of methoxy groups -OCH3 is 1. The van der Waals surface area contributed by atoms with Crippen molar-refractivity contribution in [2.45, 2.75) is 18.1 Å². The summed E-state index contributed by atoms with van der Waals surface area (Å²) in [6.45, 7) is 0. The Hall–Kier alpha value is -1.67. The van der Waals surface area contributed by atoms with Crippen LogP contribution in [0.4, 0.5) is 0 Å². The first kappa shape index (κ1) is 13.3. The van der Waals surface area contributed by atoms with Gasteiger partial charge in [-0.15, -0.1) is 0 Å². The minimum absolute atomic E-state index is 0.856. The molecule has 8 heteroatoms. The largest absolute Gasteiger partial charge is 0.481 e. The van der Waals surface area contributed by atoms with Crippen molar-refractivity contribution in [1.29, 1.82) is 0 Å². The zero-order chi connectivity index (χ0) is 12.2. The molecule has 0 fully saturated rings. The van der Waals surface area contributed by atoms with Crippen LogP contribution in [0.15, 0.2) is 0 Å².